The highest BCUT2D eigenvalue weighted by molar-refractivity contribution is 7.99. The Balaban J connectivity index is 2.03. The molecular weight excluding hydrogens is 244 g/mol. The summed E-state index contributed by atoms with van der Waals surface area (Å²) in [5, 5.41) is 4.28. The second-order valence-corrected chi connectivity index (χ2v) is 6.64. The van der Waals surface area contributed by atoms with E-state index in [0.29, 0.717) is 11.9 Å². The molecule has 1 heterocycles. The molecule has 1 aliphatic carbocycles. The monoisotopic (exact) mass is 270 g/mol. The van der Waals surface area contributed by atoms with Crippen LogP contribution in [0.2, 0.25) is 0 Å². The molecule has 4 unspecified atom stereocenters. The number of thioether (sulfide) groups is 1. The molecular formula is C14H26N2OS. The van der Waals surface area contributed by atoms with E-state index in [2.05, 4.69) is 30.3 Å². The van der Waals surface area contributed by atoms with Crippen LogP contribution in [-0.4, -0.2) is 40.6 Å². The van der Waals surface area contributed by atoms with Gasteiger partial charge in [-0.1, -0.05) is 20.3 Å². The van der Waals surface area contributed by atoms with Crippen LogP contribution in [0.3, 0.4) is 0 Å². The Morgan fingerprint density at radius 2 is 2.17 bits per heavy atom. The molecule has 104 valence electrons. The predicted molar refractivity (Wildman–Crippen MR) is 77.7 cm³/mol. The average Bonchev–Trinajstić information content (AvgIpc) is 2.95. The minimum Gasteiger partial charge on any atom is -0.323 e. The molecule has 1 aliphatic heterocycles. The van der Waals surface area contributed by atoms with E-state index < -0.39 is 0 Å². The van der Waals surface area contributed by atoms with Crippen LogP contribution in [0.25, 0.3) is 0 Å². The van der Waals surface area contributed by atoms with Crippen LogP contribution in [0.4, 0.5) is 0 Å². The summed E-state index contributed by atoms with van der Waals surface area (Å²) < 4.78 is 0. The molecule has 4 heteroatoms. The normalized spacial score (nSPS) is 36.6. The molecule has 0 bridgehead atoms. The molecule has 2 fully saturated rings. The quantitative estimate of drug-likeness (QED) is 0.833. The number of rotatable bonds is 5. The van der Waals surface area contributed by atoms with Crippen LogP contribution in [0.15, 0.2) is 0 Å². The van der Waals surface area contributed by atoms with E-state index in [-0.39, 0.29) is 12.2 Å². The smallest absolute Gasteiger partial charge is 0.241 e. The number of hydrogen-bond acceptors (Lipinski definition) is 3. The van der Waals surface area contributed by atoms with Gasteiger partial charge in [0.15, 0.2) is 0 Å². The number of hydrogen-bond donors (Lipinski definition) is 1. The maximum atomic E-state index is 12.5. The highest BCUT2D eigenvalue weighted by Gasteiger charge is 2.43. The summed E-state index contributed by atoms with van der Waals surface area (Å²) in [7, 11) is 0. The summed E-state index contributed by atoms with van der Waals surface area (Å²) in [5.74, 6) is 0.357. The van der Waals surface area contributed by atoms with Crippen molar-refractivity contribution in [2.75, 3.05) is 6.26 Å². The van der Waals surface area contributed by atoms with Gasteiger partial charge in [0.1, 0.15) is 0 Å². The first-order chi connectivity index (χ1) is 8.71. The van der Waals surface area contributed by atoms with Gasteiger partial charge in [0.05, 0.1) is 12.2 Å². The molecule has 1 saturated carbocycles. The number of amides is 1. The zero-order valence-corrected chi connectivity index (χ0v) is 12.6. The molecule has 0 spiro atoms. The van der Waals surface area contributed by atoms with Crippen LogP contribution in [0, 0.1) is 0 Å². The fraction of sp³-hybridized carbons (Fsp3) is 0.929. The molecule has 0 aromatic carbocycles. The van der Waals surface area contributed by atoms with Crippen LogP contribution >= 0.6 is 11.8 Å². The van der Waals surface area contributed by atoms with Crippen molar-refractivity contribution in [2.24, 2.45) is 0 Å². The molecule has 4 atom stereocenters. The number of nitrogens with one attached hydrogen (secondary N) is 1. The van der Waals surface area contributed by atoms with E-state index in [1.807, 2.05) is 11.8 Å². The van der Waals surface area contributed by atoms with Gasteiger partial charge in [-0.15, -0.1) is 0 Å². The Hall–Kier alpha value is -0.220. The fourth-order valence-electron chi connectivity index (χ4n) is 3.35. The van der Waals surface area contributed by atoms with Crippen molar-refractivity contribution in [3.05, 3.63) is 0 Å². The first kappa shape index (κ1) is 14.2. The summed E-state index contributed by atoms with van der Waals surface area (Å²) in [6.07, 6.45) is 9.18. The van der Waals surface area contributed by atoms with Crippen LogP contribution in [-0.2, 0) is 4.79 Å². The standard InChI is InChI=1S/C14H26N2OS/c1-4-6-12-14(17)16(13(5-2)15-12)10-7-8-11(9-10)18-3/h10-13,15H,4-9H2,1-3H3. The third kappa shape index (κ3) is 2.69. The Kier molecular flexibility index (Phi) is 4.96. The van der Waals surface area contributed by atoms with Crippen molar-refractivity contribution in [3.63, 3.8) is 0 Å². The molecule has 2 rings (SSSR count). The molecule has 1 amide bonds. The van der Waals surface area contributed by atoms with Crippen LogP contribution in [0.5, 0.6) is 0 Å². The lowest BCUT2D eigenvalue weighted by molar-refractivity contribution is -0.132. The lowest BCUT2D eigenvalue weighted by Gasteiger charge is -2.29. The van der Waals surface area contributed by atoms with Crippen LogP contribution < -0.4 is 5.32 Å². The topological polar surface area (TPSA) is 32.3 Å². The van der Waals surface area contributed by atoms with Gasteiger partial charge >= 0.3 is 0 Å². The summed E-state index contributed by atoms with van der Waals surface area (Å²) in [4.78, 5) is 14.7. The van der Waals surface area contributed by atoms with Crippen LogP contribution in [0.1, 0.15) is 52.4 Å². The SMILES string of the molecule is CCCC1NC(CC)N(C2CCC(SC)C2)C1=O. The zero-order valence-electron chi connectivity index (χ0n) is 11.8. The number of carbonyl (C=O) groups is 1. The second-order valence-electron chi connectivity index (χ2n) is 5.50. The lowest BCUT2D eigenvalue weighted by Crippen LogP contribution is -2.43. The van der Waals surface area contributed by atoms with Gasteiger partial charge in [-0.3, -0.25) is 10.1 Å². The molecule has 2 aliphatic rings. The largest absolute Gasteiger partial charge is 0.323 e. The summed E-state index contributed by atoms with van der Waals surface area (Å²) in [5.41, 5.74) is 0. The van der Waals surface area contributed by atoms with Crippen molar-refractivity contribution in [1.82, 2.24) is 10.2 Å². The molecule has 18 heavy (non-hydrogen) atoms. The average molecular weight is 270 g/mol. The van der Waals surface area contributed by atoms with Crippen molar-refractivity contribution in [3.8, 4) is 0 Å². The highest BCUT2D eigenvalue weighted by atomic mass is 32.2. The third-order valence-corrected chi connectivity index (χ3v) is 5.42. The van der Waals surface area contributed by atoms with Crippen molar-refractivity contribution in [1.29, 1.82) is 0 Å². The van der Waals surface area contributed by atoms with Crippen molar-refractivity contribution >= 4 is 17.7 Å². The van der Waals surface area contributed by atoms with Crippen molar-refractivity contribution in [2.45, 2.75) is 75.9 Å². The minimum atomic E-state index is 0.0771. The molecule has 0 aromatic rings. The van der Waals surface area contributed by atoms with Gasteiger partial charge in [-0.2, -0.15) is 11.8 Å². The molecule has 1 saturated heterocycles. The Morgan fingerprint density at radius 1 is 1.39 bits per heavy atom. The van der Waals surface area contributed by atoms with E-state index in [4.69, 9.17) is 0 Å². The molecule has 0 aromatic heterocycles. The minimum absolute atomic E-state index is 0.0771. The summed E-state index contributed by atoms with van der Waals surface area (Å²) >= 11 is 1.96. The molecule has 1 N–H and O–H groups in total. The third-order valence-electron chi connectivity index (χ3n) is 4.33. The van der Waals surface area contributed by atoms with Gasteiger partial charge in [-0.25, -0.2) is 0 Å². The fourth-order valence-corrected chi connectivity index (χ4v) is 4.13. The van der Waals surface area contributed by atoms with E-state index in [9.17, 15) is 4.79 Å². The van der Waals surface area contributed by atoms with Gasteiger partial charge in [-0.05, 0) is 38.4 Å². The number of nitrogens with zero attached hydrogens (tertiary/aromatic N) is 1. The molecule has 0 radical (unpaired) electrons. The summed E-state index contributed by atoms with van der Waals surface area (Å²) in [6, 6.07) is 0.558. The van der Waals surface area contributed by atoms with E-state index in [1.165, 1.54) is 19.3 Å². The molecule has 3 nitrogen and oxygen atoms in total. The Bertz CT molecular complexity index is 298. The summed E-state index contributed by atoms with van der Waals surface area (Å²) in [6.45, 7) is 4.32. The zero-order chi connectivity index (χ0) is 13.1. The Morgan fingerprint density at radius 3 is 2.72 bits per heavy atom. The second kappa shape index (κ2) is 6.29. The Labute approximate surface area is 115 Å². The first-order valence-corrected chi connectivity index (χ1v) is 8.61. The van der Waals surface area contributed by atoms with Gasteiger partial charge < -0.3 is 4.90 Å². The first-order valence-electron chi connectivity index (χ1n) is 7.32. The predicted octanol–water partition coefficient (Wildman–Crippen LogP) is 2.61. The lowest BCUT2D eigenvalue weighted by atomic mass is 10.1. The van der Waals surface area contributed by atoms with Crippen molar-refractivity contribution < 1.29 is 4.79 Å². The number of carbonyl (C=O) groups excluding carboxylic acids is 1. The maximum Gasteiger partial charge on any atom is 0.241 e. The van der Waals surface area contributed by atoms with Gasteiger partial charge in [0, 0.05) is 11.3 Å². The van der Waals surface area contributed by atoms with Gasteiger partial charge in [0.25, 0.3) is 0 Å². The maximum absolute atomic E-state index is 12.5. The highest BCUT2D eigenvalue weighted by Crippen LogP contribution is 2.34. The van der Waals surface area contributed by atoms with E-state index in [0.717, 1.165) is 24.5 Å². The van der Waals surface area contributed by atoms with E-state index >= 15 is 0 Å². The van der Waals surface area contributed by atoms with E-state index in [1.54, 1.807) is 0 Å². The van der Waals surface area contributed by atoms with Gasteiger partial charge in [0.2, 0.25) is 5.91 Å².